The van der Waals surface area contributed by atoms with Crippen molar-refractivity contribution in [1.29, 1.82) is 0 Å². The second-order valence-electron chi connectivity index (χ2n) is 6.46. The van der Waals surface area contributed by atoms with Crippen LogP contribution in [0.1, 0.15) is 23.4 Å². The standard InChI is InChI=1S/C20H21N3O/c24-20-17-8-3-4-9-18(17)22-19(23-20)10-5-11-21-16-12-14-6-1-2-7-15(14)13-16/h1-4,6-9,16,21H,5,10-13H2,(H,22,23,24). The highest BCUT2D eigenvalue weighted by molar-refractivity contribution is 5.77. The first kappa shape index (κ1) is 15.1. The number of hydrogen-bond acceptors (Lipinski definition) is 3. The van der Waals surface area contributed by atoms with Crippen LogP contribution in [0.25, 0.3) is 10.9 Å². The number of aromatic nitrogens is 2. The molecule has 0 atom stereocenters. The molecular weight excluding hydrogens is 298 g/mol. The van der Waals surface area contributed by atoms with Gasteiger partial charge in [0.05, 0.1) is 10.9 Å². The lowest BCUT2D eigenvalue weighted by Gasteiger charge is -2.11. The first-order valence-electron chi connectivity index (χ1n) is 8.58. The van der Waals surface area contributed by atoms with Crippen LogP contribution in [0.15, 0.2) is 53.3 Å². The summed E-state index contributed by atoms with van der Waals surface area (Å²) < 4.78 is 0. The number of aryl methyl sites for hydroxylation is 1. The highest BCUT2D eigenvalue weighted by Crippen LogP contribution is 2.21. The molecule has 0 saturated heterocycles. The summed E-state index contributed by atoms with van der Waals surface area (Å²) in [6.45, 7) is 0.940. The molecule has 1 heterocycles. The molecule has 0 bridgehead atoms. The number of nitrogens with zero attached hydrogens (tertiary/aromatic N) is 1. The number of para-hydroxylation sites is 1. The van der Waals surface area contributed by atoms with Gasteiger partial charge in [-0.1, -0.05) is 36.4 Å². The van der Waals surface area contributed by atoms with Crippen molar-refractivity contribution >= 4 is 10.9 Å². The molecule has 2 N–H and O–H groups in total. The van der Waals surface area contributed by atoms with Gasteiger partial charge in [0.25, 0.3) is 5.56 Å². The number of fused-ring (bicyclic) bond motifs is 2. The first-order chi connectivity index (χ1) is 11.8. The van der Waals surface area contributed by atoms with Crippen LogP contribution in [0.3, 0.4) is 0 Å². The van der Waals surface area contributed by atoms with E-state index in [9.17, 15) is 4.79 Å². The lowest BCUT2D eigenvalue weighted by molar-refractivity contribution is 0.520. The molecule has 122 valence electrons. The summed E-state index contributed by atoms with van der Waals surface area (Å²) in [5, 5.41) is 4.29. The van der Waals surface area contributed by atoms with Crippen molar-refractivity contribution in [3.05, 3.63) is 75.8 Å². The first-order valence-corrected chi connectivity index (χ1v) is 8.58. The maximum absolute atomic E-state index is 12.1. The third-order valence-electron chi connectivity index (χ3n) is 4.74. The predicted molar refractivity (Wildman–Crippen MR) is 96.3 cm³/mol. The minimum Gasteiger partial charge on any atom is -0.313 e. The minimum absolute atomic E-state index is 0.0465. The van der Waals surface area contributed by atoms with Crippen LogP contribution in [-0.2, 0) is 19.3 Å². The quantitative estimate of drug-likeness (QED) is 0.711. The van der Waals surface area contributed by atoms with E-state index in [2.05, 4.69) is 39.6 Å². The second-order valence-corrected chi connectivity index (χ2v) is 6.46. The van der Waals surface area contributed by atoms with Gasteiger partial charge in [-0.05, 0) is 49.1 Å². The second kappa shape index (κ2) is 6.57. The average Bonchev–Trinajstić information content (AvgIpc) is 3.02. The lowest BCUT2D eigenvalue weighted by atomic mass is 10.1. The molecule has 0 amide bonds. The number of nitrogens with one attached hydrogen (secondary N) is 2. The van der Waals surface area contributed by atoms with Gasteiger partial charge in [0, 0.05) is 12.5 Å². The van der Waals surface area contributed by atoms with Crippen molar-refractivity contribution < 1.29 is 0 Å². The molecule has 1 aliphatic carbocycles. The molecule has 4 nitrogen and oxygen atoms in total. The highest BCUT2D eigenvalue weighted by atomic mass is 16.1. The zero-order chi connectivity index (χ0) is 16.4. The van der Waals surface area contributed by atoms with Crippen molar-refractivity contribution in [3.63, 3.8) is 0 Å². The molecule has 0 aliphatic heterocycles. The Hall–Kier alpha value is -2.46. The molecule has 1 aromatic heterocycles. The minimum atomic E-state index is -0.0465. The van der Waals surface area contributed by atoms with E-state index in [1.807, 2.05) is 24.3 Å². The summed E-state index contributed by atoms with van der Waals surface area (Å²) in [4.78, 5) is 19.5. The van der Waals surface area contributed by atoms with E-state index < -0.39 is 0 Å². The molecule has 24 heavy (non-hydrogen) atoms. The van der Waals surface area contributed by atoms with Gasteiger partial charge in [0.1, 0.15) is 5.82 Å². The Morgan fingerprint density at radius 3 is 2.54 bits per heavy atom. The zero-order valence-electron chi connectivity index (χ0n) is 13.6. The lowest BCUT2D eigenvalue weighted by Crippen LogP contribution is -2.30. The highest BCUT2D eigenvalue weighted by Gasteiger charge is 2.19. The summed E-state index contributed by atoms with van der Waals surface area (Å²) in [5.41, 5.74) is 3.66. The fourth-order valence-corrected chi connectivity index (χ4v) is 3.52. The average molecular weight is 319 g/mol. The van der Waals surface area contributed by atoms with E-state index in [0.717, 1.165) is 43.6 Å². The van der Waals surface area contributed by atoms with Gasteiger partial charge in [-0.2, -0.15) is 0 Å². The Bertz CT molecular complexity index is 891. The monoisotopic (exact) mass is 319 g/mol. The van der Waals surface area contributed by atoms with Crippen molar-refractivity contribution in [2.45, 2.75) is 31.7 Å². The number of aromatic amines is 1. The Labute approximate surface area is 141 Å². The molecule has 0 spiro atoms. The van der Waals surface area contributed by atoms with E-state index >= 15 is 0 Å². The van der Waals surface area contributed by atoms with Crippen molar-refractivity contribution in [2.24, 2.45) is 0 Å². The third kappa shape index (κ3) is 3.10. The molecular formula is C20H21N3O. The van der Waals surface area contributed by atoms with Gasteiger partial charge < -0.3 is 10.3 Å². The summed E-state index contributed by atoms with van der Waals surface area (Å²) in [7, 11) is 0. The molecule has 4 rings (SSSR count). The Balaban J connectivity index is 1.31. The van der Waals surface area contributed by atoms with Crippen LogP contribution in [0.5, 0.6) is 0 Å². The molecule has 0 fully saturated rings. The van der Waals surface area contributed by atoms with Gasteiger partial charge in [-0.15, -0.1) is 0 Å². The number of hydrogen-bond donors (Lipinski definition) is 2. The summed E-state index contributed by atoms with van der Waals surface area (Å²) in [6, 6.07) is 16.7. The SMILES string of the molecule is O=c1[nH]c(CCCNC2Cc3ccccc3C2)nc2ccccc12. The van der Waals surface area contributed by atoms with Gasteiger partial charge in [0.15, 0.2) is 0 Å². The van der Waals surface area contributed by atoms with Gasteiger partial charge in [-0.3, -0.25) is 4.79 Å². The summed E-state index contributed by atoms with van der Waals surface area (Å²) in [5.74, 6) is 0.773. The molecule has 0 unspecified atom stereocenters. The zero-order valence-corrected chi connectivity index (χ0v) is 13.6. The largest absolute Gasteiger partial charge is 0.313 e. The molecule has 0 saturated carbocycles. The van der Waals surface area contributed by atoms with Crippen LogP contribution >= 0.6 is 0 Å². The van der Waals surface area contributed by atoms with Crippen molar-refractivity contribution in [3.8, 4) is 0 Å². The maximum Gasteiger partial charge on any atom is 0.258 e. The molecule has 0 radical (unpaired) electrons. The predicted octanol–water partition coefficient (Wildman–Crippen LogP) is 2.61. The van der Waals surface area contributed by atoms with E-state index in [1.165, 1.54) is 11.1 Å². The topological polar surface area (TPSA) is 57.8 Å². The molecule has 3 aromatic rings. The van der Waals surface area contributed by atoms with Crippen LogP contribution in [0.2, 0.25) is 0 Å². The fraction of sp³-hybridized carbons (Fsp3) is 0.300. The molecule has 2 aromatic carbocycles. The Morgan fingerprint density at radius 2 is 1.75 bits per heavy atom. The van der Waals surface area contributed by atoms with Crippen LogP contribution in [0.4, 0.5) is 0 Å². The van der Waals surface area contributed by atoms with E-state index in [4.69, 9.17) is 0 Å². The van der Waals surface area contributed by atoms with Crippen molar-refractivity contribution in [1.82, 2.24) is 15.3 Å². The number of benzene rings is 2. The normalized spacial score (nSPS) is 14.2. The van der Waals surface area contributed by atoms with Crippen LogP contribution < -0.4 is 10.9 Å². The van der Waals surface area contributed by atoms with Gasteiger partial charge >= 0.3 is 0 Å². The Morgan fingerprint density at radius 1 is 1.04 bits per heavy atom. The van der Waals surface area contributed by atoms with Crippen LogP contribution in [0, 0.1) is 0 Å². The fourth-order valence-electron chi connectivity index (χ4n) is 3.52. The molecule has 1 aliphatic rings. The van der Waals surface area contributed by atoms with Crippen molar-refractivity contribution in [2.75, 3.05) is 6.54 Å². The number of rotatable bonds is 5. The smallest absolute Gasteiger partial charge is 0.258 e. The number of H-pyrrole nitrogens is 1. The van der Waals surface area contributed by atoms with E-state index in [-0.39, 0.29) is 5.56 Å². The third-order valence-corrected chi connectivity index (χ3v) is 4.74. The van der Waals surface area contributed by atoms with Gasteiger partial charge in [-0.25, -0.2) is 4.98 Å². The van der Waals surface area contributed by atoms with E-state index in [1.54, 1.807) is 0 Å². The summed E-state index contributed by atoms with van der Waals surface area (Å²) >= 11 is 0. The van der Waals surface area contributed by atoms with Crippen LogP contribution in [-0.4, -0.2) is 22.6 Å². The maximum atomic E-state index is 12.1. The van der Waals surface area contributed by atoms with Gasteiger partial charge in [0.2, 0.25) is 0 Å². The van der Waals surface area contributed by atoms with E-state index in [0.29, 0.717) is 11.4 Å². The summed E-state index contributed by atoms with van der Waals surface area (Å²) in [6.07, 6.45) is 3.98. The Kier molecular flexibility index (Phi) is 4.13. The molecule has 4 heteroatoms.